The van der Waals surface area contributed by atoms with E-state index in [-0.39, 0.29) is 11.6 Å². The molecule has 1 atom stereocenters. The van der Waals surface area contributed by atoms with Crippen molar-refractivity contribution in [1.29, 1.82) is 0 Å². The van der Waals surface area contributed by atoms with E-state index >= 15 is 0 Å². The fourth-order valence-electron chi connectivity index (χ4n) is 3.13. The maximum atomic E-state index is 12.6. The van der Waals surface area contributed by atoms with Crippen LogP contribution in [-0.4, -0.2) is 19.9 Å². The second kappa shape index (κ2) is 7.33. The summed E-state index contributed by atoms with van der Waals surface area (Å²) in [6, 6.07) is 8.95. The predicted molar refractivity (Wildman–Crippen MR) is 114 cm³/mol. The number of fused-ring (bicyclic) bond motifs is 1. The van der Waals surface area contributed by atoms with Crippen molar-refractivity contribution < 1.29 is 0 Å². The summed E-state index contributed by atoms with van der Waals surface area (Å²) in [6.07, 6.45) is 1.70. The third-order valence-corrected chi connectivity index (χ3v) is 5.87. The van der Waals surface area contributed by atoms with Crippen LogP contribution in [0, 0.1) is 13.8 Å². The Labute approximate surface area is 170 Å². The Morgan fingerprint density at radius 1 is 1.21 bits per heavy atom. The number of para-hydroxylation sites is 1. The van der Waals surface area contributed by atoms with Gasteiger partial charge in [-0.1, -0.05) is 23.7 Å². The van der Waals surface area contributed by atoms with Gasteiger partial charge in [0.2, 0.25) is 5.95 Å². The van der Waals surface area contributed by atoms with Crippen molar-refractivity contribution in [2.45, 2.75) is 26.8 Å². The molecule has 0 aliphatic heterocycles. The van der Waals surface area contributed by atoms with Crippen LogP contribution in [-0.2, 0) is 0 Å². The number of nitrogens with zero attached hydrogens (tertiary/aromatic N) is 3. The molecule has 0 saturated heterocycles. The summed E-state index contributed by atoms with van der Waals surface area (Å²) in [5.74, 6) is 0.459. The lowest BCUT2D eigenvalue weighted by Crippen LogP contribution is -2.20. The number of nitrogens with one attached hydrogen (secondary N) is 2. The van der Waals surface area contributed by atoms with E-state index in [4.69, 9.17) is 11.6 Å². The van der Waals surface area contributed by atoms with Gasteiger partial charge in [0.05, 0.1) is 37.9 Å². The summed E-state index contributed by atoms with van der Waals surface area (Å²) in [5.41, 5.74) is 2.80. The topological polar surface area (TPSA) is 83.6 Å². The molecule has 8 heteroatoms. The van der Waals surface area contributed by atoms with Gasteiger partial charge in [0, 0.05) is 17.1 Å². The first kappa shape index (κ1) is 18.6. The van der Waals surface area contributed by atoms with E-state index in [1.807, 2.05) is 45.0 Å². The molecule has 1 aromatic carbocycles. The van der Waals surface area contributed by atoms with Crippen molar-refractivity contribution in [2.75, 3.05) is 5.32 Å². The third-order valence-electron chi connectivity index (χ3n) is 4.46. The van der Waals surface area contributed by atoms with Crippen LogP contribution in [0.15, 0.2) is 41.3 Å². The van der Waals surface area contributed by atoms with Crippen LogP contribution in [0.25, 0.3) is 21.5 Å². The molecular weight excluding hydrogens is 394 g/mol. The number of anilines is 1. The van der Waals surface area contributed by atoms with Gasteiger partial charge in [-0.15, -0.1) is 11.3 Å². The molecule has 0 unspecified atom stereocenters. The molecule has 0 spiro atoms. The van der Waals surface area contributed by atoms with E-state index in [0.29, 0.717) is 22.1 Å². The Balaban J connectivity index is 1.66. The summed E-state index contributed by atoms with van der Waals surface area (Å²) < 4.78 is 0. The molecule has 0 fully saturated rings. The highest BCUT2D eigenvalue weighted by Gasteiger charge is 2.15. The Kier molecular flexibility index (Phi) is 4.87. The number of hydrogen-bond acceptors (Lipinski definition) is 6. The standard InChI is InChI=1S/C20H18ClN5OS/c1-10(14-9-13-5-4-6-15(21)17(13)26-19(14)27)24-20-22-8-7-16(25-20)18-11(2)23-12(3)28-18/h4-10H,1-3H3,(H,26,27)(H,22,24,25)/t10-/m0/s1. The van der Waals surface area contributed by atoms with E-state index < -0.39 is 0 Å². The van der Waals surface area contributed by atoms with Crippen LogP contribution >= 0.6 is 22.9 Å². The highest BCUT2D eigenvalue weighted by atomic mass is 35.5. The van der Waals surface area contributed by atoms with Crippen LogP contribution in [0.4, 0.5) is 5.95 Å². The molecule has 0 amide bonds. The number of aromatic nitrogens is 4. The molecule has 2 N–H and O–H groups in total. The highest BCUT2D eigenvalue weighted by Crippen LogP contribution is 2.29. The van der Waals surface area contributed by atoms with Crippen LogP contribution in [0.3, 0.4) is 0 Å². The largest absolute Gasteiger partial charge is 0.347 e. The van der Waals surface area contributed by atoms with Crippen LogP contribution < -0.4 is 10.9 Å². The molecule has 3 aromatic heterocycles. The predicted octanol–water partition coefficient (Wildman–Crippen LogP) is 4.88. The second-order valence-corrected chi connectivity index (χ2v) is 8.15. The summed E-state index contributed by atoms with van der Waals surface area (Å²) in [5, 5.41) is 5.62. The average Bonchev–Trinajstić information content (AvgIpc) is 3.00. The number of thiazole rings is 1. The van der Waals surface area contributed by atoms with E-state index in [9.17, 15) is 4.79 Å². The maximum Gasteiger partial charge on any atom is 0.253 e. The fraction of sp³-hybridized carbons (Fsp3) is 0.200. The van der Waals surface area contributed by atoms with Crippen LogP contribution in [0.2, 0.25) is 5.02 Å². The second-order valence-electron chi connectivity index (χ2n) is 6.54. The van der Waals surface area contributed by atoms with Crippen molar-refractivity contribution in [3.63, 3.8) is 0 Å². The van der Waals surface area contributed by atoms with Gasteiger partial charge in [0.25, 0.3) is 5.56 Å². The summed E-state index contributed by atoms with van der Waals surface area (Å²) in [4.78, 5) is 29.8. The normalized spacial score (nSPS) is 12.3. The number of H-pyrrole nitrogens is 1. The molecule has 4 aromatic rings. The van der Waals surface area contributed by atoms with Crippen molar-refractivity contribution >= 4 is 39.8 Å². The van der Waals surface area contributed by atoms with E-state index in [0.717, 1.165) is 26.7 Å². The van der Waals surface area contributed by atoms with Crippen molar-refractivity contribution in [1.82, 2.24) is 19.9 Å². The monoisotopic (exact) mass is 411 g/mol. The number of rotatable bonds is 4. The van der Waals surface area contributed by atoms with Gasteiger partial charge in [0.15, 0.2) is 0 Å². The molecule has 28 heavy (non-hydrogen) atoms. The molecular formula is C20H18ClN5OS. The van der Waals surface area contributed by atoms with Gasteiger partial charge < -0.3 is 10.3 Å². The number of halogens is 1. The smallest absolute Gasteiger partial charge is 0.253 e. The molecule has 4 rings (SSSR count). The zero-order valence-corrected chi connectivity index (χ0v) is 17.1. The quantitative estimate of drug-likeness (QED) is 0.499. The lowest BCUT2D eigenvalue weighted by Gasteiger charge is -2.14. The molecule has 0 bridgehead atoms. The van der Waals surface area contributed by atoms with E-state index in [1.165, 1.54) is 0 Å². The summed E-state index contributed by atoms with van der Waals surface area (Å²) >= 11 is 7.77. The van der Waals surface area contributed by atoms with Crippen molar-refractivity contribution in [3.05, 3.63) is 68.2 Å². The lowest BCUT2D eigenvalue weighted by molar-refractivity contribution is 0.845. The van der Waals surface area contributed by atoms with E-state index in [2.05, 4.69) is 25.3 Å². The van der Waals surface area contributed by atoms with Gasteiger partial charge in [-0.2, -0.15) is 0 Å². The molecule has 142 valence electrons. The van der Waals surface area contributed by atoms with Crippen LogP contribution in [0.1, 0.15) is 29.2 Å². The molecule has 0 radical (unpaired) electrons. The molecule has 0 aliphatic carbocycles. The average molecular weight is 412 g/mol. The number of aromatic amines is 1. The zero-order valence-electron chi connectivity index (χ0n) is 15.6. The van der Waals surface area contributed by atoms with Crippen molar-refractivity contribution in [2.24, 2.45) is 0 Å². The first-order chi connectivity index (χ1) is 13.4. The first-order valence-electron chi connectivity index (χ1n) is 8.78. The summed E-state index contributed by atoms with van der Waals surface area (Å²) in [6.45, 7) is 5.84. The number of hydrogen-bond donors (Lipinski definition) is 2. The van der Waals surface area contributed by atoms with Gasteiger partial charge in [-0.3, -0.25) is 4.79 Å². The van der Waals surface area contributed by atoms with Gasteiger partial charge in [0.1, 0.15) is 0 Å². The Hall–Kier alpha value is -2.77. The summed E-state index contributed by atoms with van der Waals surface area (Å²) in [7, 11) is 0. The zero-order chi connectivity index (χ0) is 19.8. The molecule has 0 aliphatic rings. The molecule has 3 heterocycles. The minimum Gasteiger partial charge on any atom is -0.347 e. The third kappa shape index (κ3) is 3.50. The number of benzene rings is 1. The minimum absolute atomic E-state index is 0.189. The van der Waals surface area contributed by atoms with Gasteiger partial charge in [-0.05, 0) is 39.0 Å². The Bertz CT molecular complexity index is 1230. The number of pyridine rings is 1. The minimum atomic E-state index is -0.285. The fourth-order valence-corrected chi connectivity index (χ4v) is 4.25. The SMILES string of the molecule is Cc1nc(C)c(-c2ccnc(N[C@@H](C)c3cc4cccc(Cl)c4[nH]c3=O)n2)s1. The van der Waals surface area contributed by atoms with Gasteiger partial charge >= 0.3 is 0 Å². The molecule has 6 nitrogen and oxygen atoms in total. The molecule has 0 saturated carbocycles. The van der Waals surface area contributed by atoms with Crippen molar-refractivity contribution in [3.8, 4) is 10.6 Å². The van der Waals surface area contributed by atoms with E-state index in [1.54, 1.807) is 23.6 Å². The maximum absolute atomic E-state index is 12.6. The highest BCUT2D eigenvalue weighted by molar-refractivity contribution is 7.15. The number of aryl methyl sites for hydroxylation is 2. The van der Waals surface area contributed by atoms with Crippen LogP contribution in [0.5, 0.6) is 0 Å². The first-order valence-corrected chi connectivity index (χ1v) is 9.97. The Morgan fingerprint density at radius 2 is 2.04 bits per heavy atom. The lowest BCUT2D eigenvalue weighted by atomic mass is 10.1. The Morgan fingerprint density at radius 3 is 2.79 bits per heavy atom. The van der Waals surface area contributed by atoms with Gasteiger partial charge in [-0.25, -0.2) is 15.0 Å².